The van der Waals surface area contributed by atoms with Crippen molar-refractivity contribution in [2.75, 3.05) is 26.2 Å². The molecule has 2 aliphatic rings. The van der Waals surface area contributed by atoms with E-state index in [1.54, 1.807) is 0 Å². The van der Waals surface area contributed by atoms with Crippen LogP contribution >= 0.6 is 0 Å². The van der Waals surface area contributed by atoms with Crippen LogP contribution in [0.25, 0.3) is 0 Å². The summed E-state index contributed by atoms with van der Waals surface area (Å²) in [6.45, 7) is 10.2. The molecule has 0 saturated carbocycles. The van der Waals surface area contributed by atoms with Crippen LogP contribution in [-0.4, -0.2) is 57.6 Å². The zero-order valence-corrected chi connectivity index (χ0v) is 16.5. The molecule has 26 heavy (non-hydrogen) atoms. The molecule has 1 atom stereocenters. The lowest BCUT2D eigenvalue weighted by atomic mass is 9.73. The van der Waals surface area contributed by atoms with Crippen molar-refractivity contribution in [2.45, 2.75) is 65.8 Å². The van der Waals surface area contributed by atoms with Gasteiger partial charge in [-0.05, 0) is 45.6 Å². The number of hydrogen-bond acceptors (Lipinski definition) is 3. The first kappa shape index (κ1) is 18.9. The molecule has 3 rings (SSSR count). The van der Waals surface area contributed by atoms with E-state index in [1.807, 2.05) is 34.4 Å². The SMILES string of the molecule is CCCCN1C[C@@]2(CCCN(C(=O)c3cc(C)n(CC)n3)C2)CCC1=O. The monoisotopic (exact) mass is 360 g/mol. The normalized spacial score (nSPS) is 23.7. The van der Waals surface area contributed by atoms with Gasteiger partial charge < -0.3 is 9.80 Å². The number of hydrogen-bond donors (Lipinski definition) is 0. The predicted molar refractivity (Wildman–Crippen MR) is 101 cm³/mol. The van der Waals surface area contributed by atoms with Crippen molar-refractivity contribution < 1.29 is 9.59 Å². The van der Waals surface area contributed by atoms with Crippen LogP contribution < -0.4 is 0 Å². The molecule has 3 heterocycles. The lowest BCUT2D eigenvalue weighted by Crippen LogP contribution is -2.55. The van der Waals surface area contributed by atoms with Crippen molar-refractivity contribution in [3.05, 3.63) is 17.5 Å². The third-order valence-corrected chi connectivity index (χ3v) is 5.98. The zero-order valence-electron chi connectivity index (χ0n) is 16.5. The zero-order chi connectivity index (χ0) is 18.7. The Balaban J connectivity index is 1.71. The summed E-state index contributed by atoms with van der Waals surface area (Å²) in [5.74, 6) is 0.321. The number of carbonyl (C=O) groups excluding carboxylic acids is 2. The molecule has 1 aromatic heterocycles. The summed E-state index contributed by atoms with van der Waals surface area (Å²) in [5, 5.41) is 4.47. The Morgan fingerprint density at radius 1 is 1.27 bits per heavy atom. The molecule has 0 radical (unpaired) electrons. The summed E-state index contributed by atoms with van der Waals surface area (Å²) in [4.78, 5) is 29.3. The van der Waals surface area contributed by atoms with Gasteiger partial charge in [0, 0.05) is 50.3 Å². The highest BCUT2D eigenvalue weighted by Gasteiger charge is 2.42. The number of aromatic nitrogens is 2. The van der Waals surface area contributed by atoms with Crippen LogP contribution in [0.3, 0.4) is 0 Å². The fourth-order valence-corrected chi connectivity index (χ4v) is 4.47. The summed E-state index contributed by atoms with van der Waals surface area (Å²) < 4.78 is 1.87. The van der Waals surface area contributed by atoms with Gasteiger partial charge in [-0.25, -0.2) is 0 Å². The molecule has 144 valence electrons. The van der Waals surface area contributed by atoms with Crippen LogP contribution in [0.5, 0.6) is 0 Å². The van der Waals surface area contributed by atoms with Crippen LogP contribution in [0.15, 0.2) is 6.07 Å². The van der Waals surface area contributed by atoms with Crippen molar-refractivity contribution in [1.82, 2.24) is 19.6 Å². The molecular weight excluding hydrogens is 328 g/mol. The molecular formula is C20H32N4O2. The Morgan fingerprint density at radius 2 is 2.08 bits per heavy atom. The minimum atomic E-state index is 0.0383. The first-order valence-electron chi connectivity index (χ1n) is 10.1. The Kier molecular flexibility index (Phi) is 5.68. The second-order valence-corrected chi connectivity index (χ2v) is 7.99. The fraction of sp³-hybridized carbons (Fsp3) is 0.750. The second-order valence-electron chi connectivity index (χ2n) is 7.99. The van der Waals surface area contributed by atoms with Gasteiger partial charge in [-0.15, -0.1) is 0 Å². The molecule has 0 bridgehead atoms. The Bertz CT molecular complexity index is 669. The smallest absolute Gasteiger partial charge is 0.274 e. The molecule has 1 spiro atoms. The van der Waals surface area contributed by atoms with Crippen molar-refractivity contribution in [3.63, 3.8) is 0 Å². The summed E-state index contributed by atoms with van der Waals surface area (Å²) in [5.41, 5.74) is 1.64. The Labute approximate surface area is 156 Å². The molecule has 6 nitrogen and oxygen atoms in total. The van der Waals surface area contributed by atoms with Crippen LogP contribution in [0, 0.1) is 12.3 Å². The topological polar surface area (TPSA) is 58.4 Å². The number of unbranched alkanes of at least 4 members (excludes halogenated alkanes) is 1. The van der Waals surface area contributed by atoms with E-state index in [-0.39, 0.29) is 17.2 Å². The molecule has 0 N–H and O–H groups in total. The first-order chi connectivity index (χ1) is 12.5. The van der Waals surface area contributed by atoms with E-state index >= 15 is 0 Å². The van der Waals surface area contributed by atoms with E-state index < -0.39 is 0 Å². The number of amides is 2. The minimum Gasteiger partial charge on any atom is -0.342 e. The van der Waals surface area contributed by atoms with Gasteiger partial charge >= 0.3 is 0 Å². The number of aryl methyl sites for hydroxylation is 2. The molecule has 2 fully saturated rings. The van der Waals surface area contributed by atoms with E-state index in [2.05, 4.69) is 12.0 Å². The van der Waals surface area contributed by atoms with Crippen molar-refractivity contribution in [1.29, 1.82) is 0 Å². The highest BCUT2D eigenvalue weighted by atomic mass is 16.2. The minimum absolute atomic E-state index is 0.0383. The molecule has 1 aromatic rings. The predicted octanol–water partition coefficient (Wildman–Crippen LogP) is 2.86. The standard InChI is InChI=1S/C20H32N4O2/c1-4-6-11-22-14-20(10-8-18(22)25)9-7-12-23(15-20)19(26)17-13-16(3)24(5-2)21-17/h13H,4-12,14-15H2,1-3H3/t20-/m1/s1. The van der Waals surface area contributed by atoms with Crippen LogP contribution in [-0.2, 0) is 11.3 Å². The number of rotatable bonds is 5. The van der Waals surface area contributed by atoms with E-state index in [0.29, 0.717) is 12.1 Å². The quantitative estimate of drug-likeness (QED) is 0.811. The van der Waals surface area contributed by atoms with Crippen molar-refractivity contribution in [3.8, 4) is 0 Å². The molecule has 0 aromatic carbocycles. The average Bonchev–Trinajstić information content (AvgIpc) is 3.03. The number of nitrogens with zero attached hydrogens (tertiary/aromatic N) is 4. The van der Waals surface area contributed by atoms with Gasteiger partial charge in [-0.2, -0.15) is 5.10 Å². The lowest BCUT2D eigenvalue weighted by molar-refractivity contribution is -0.139. The van der Waals surface area contributed by atoms with E-state index in [4.69, 9.17) is 0 Å². The third kappa shape index (κ3) is 3.79. The maximum atomic E-state index is 13.0. The van der Waals surface area contributed by atoms with Gasteiger partial charge in [-0.3, -0.25) is 14.3 Å². The van der Waals surface area contributed by atoms with Gasteiger partial charge in [0.2, 0.25) is 5.91 Å². The summed E-state index contributed by atoms with van der Waals surface area (Å²) in [6, 6.07) is 1.89. The molecule has 2 amide bonds. The van der Waals surface area contributed by atoms with Crippen molar-refractivity contribution in [2.24, 2.45) is 5.41 Å². The molecule has 0 aliphatic carbocycles. The number of likely N-dealkylation sites (tertiary alicyclic amines) is 2. The number of piperidine rings is 2. The average molecular weight is 361 g/mol. The van der Waals surface area contributed by atoms with Gasteiger partial charge in [0.1, 0.15) is 0 Å². The largest absolute Gasteiger partial charge is 0.342 e. The molecule has 0 unspecified atom stereocenters. The summed E-state index contributed by atoms with van der Waals surface area (Å²) in [6.07, 6.45) is 5.79. The Hall–Kier alpha value is -1.85. The molecule has 2 aliphatic heterocycles. The fourth-order valence-electron chi connectivity index (χ4n) is 4.47. The molecule has 2 saturated heterocycles. The maximum Gasteiger partial charge on any atom is 0.274 e. The van der Waals surface area contributed by atoms with Gasteiger partial charge in [0.05, 0.1) is 0 Å². The summed E-state index contributed by atoms with van der Waals surface area (Å²) in [7, 11) is 0. The first-order valence-corrected chi connectivity index (χ1v) is 10.1. The van der Waals surface area contributed by atoms with Gasteiger partial charge in [-0.1, -0.05) is 13.3 Å². The highest BCUT2D eigenvalue weighted by Crippen LogP contribution is 2.39. The number of carbonyl (C=O) groups is 2. The van der Waals surface area contributed by atoms with Crippen molar-refractivity contribution >= 4 is 11.8 Å². The van der Waals surface area contributed by atoms with Crippen LogP contribution in [0.1, 0.15) is 68.6 Å². The molecule has 6 heteroatoms. The van der Waals surface area contributed by atoms with Crippen LogP contribution in [0.4, 0.5) is 0 Å². The van der Waals surface area contributed by atoms with E-state index in [1.165, 1.54) is 0 Å². The maximum absolute atomic E-state index is 13.0. The van der Waals surface area contributed by atoms with E-state index in [0.717, 1.165) is 70.5 Å². The highest BCUT2D eigenvalue weighted by molar-refractivity contribution is 5.92. The van der Waals surface area contributed by atoms with Gasteiger partial charge in [0.25, 0.3) is 5.91 Å². The Morgan fingerprint density at radius 3 is 2.77 bits per heavy atom. The summed E-state index contributed by atoms with van der Waals surface area (Å²) >= 11 is 0. The van der Waals surface area contributed by atoms with Crippen LogP contribution in [0.2, 0.25) is 0 Å². The van der Waals surface area contributed by atoms with E-state index in [9.17, 15) is 9.59 Å². The lowest BCUT2D eigenvalue weighted by Gasteiger charge is -2.48. The third-order valence-electron chi connectivity index (χ3n) is 5.98. The second kappa shape index (κ2) is 7.80. The van der Waals surface area contributed by atoms with Gasteiger partial charge in [0.15, 0.2) is 5.69 Å².